The van der Waals surface area contributed by atoms with Crippen molar-refractivity contribution in [3.05, 3.63) is 52.6 Å². The predicted octanol–water partition coefficient (Wildman–Crippen LogP) is 4.45. The molecule has 28 heavy (non-hydrogen) atoms. The van der Waals surface area contributed by atoms with E-state index < -0.39 is 0 Å². The van der Waals surface area contributed by atoms with Crippen molar-refractivity contribution >= 4 is 23.2 Å². The molecule has 2 aromatic carbocycles. The number of aryl methyl sites for hydroxylation is 4. The summed E-state index contributed by atoms with van der Waals surface area (Å²) in [6, 6.07) is 9.91. The standard InChI is InChI=1S/C23H28N2O3/c1-14-6-7-20-19(12-14)25(13-18(5)28-20)22(27)9-8-21(26)24-23-16(3)10-15(2)11-17(23)4/h6-7,10-12,18H,8-9,13H2,1-5H3,(H,24,26). The molecular weight excluding hydrogens is 352 g/mol. The number of amides is 2. The van der Waals surface area contributed by atoms with Crippen LogP contribution in [0.4, 0.5) is 11.4 Å². The minimum atomic E-state index is -0.144. The van der Waals surface area contributed by atoms with Gasteiger partial charge in [0.05, 0.1) is 12.2 Å². The fourth-order valence-electron chi connectivity index (χ4n) is 3.72. The van der Waals surface area contributed by atoms with Crippen LogP contribution in [0.1, 0.15) is 42.0 Å². The molecule has 0 radical (unpaired) electrons. The molecule has 0 saturated carbocycles. The van der Waals surface area contributed by atoms with Crippen LogP contribution in [0.15, 0.2) is 30.3 Å². The Labute approximate surface area is 166 Å². The van der Waals surface area contributed by atoms with Crippen LogP contribution >= 0.6 is 0 Å². The fraction of sp³-hybridized carbons (Fsp3) is 0.391. The summed E-state index contributed by atoms with van der Waals surface area (Å²) in [5, 5.41) is 2.97. The fourth-order valence-corrected chi connectivity index (χ4v) is 3.72. The van der Waals surface area contributed by atoms with E-state index >= 15 is 0 Å². The van der Waals surface area contributed by atoms with E-state index in [1.165, 1.54) is 5.56 Å². The Morgan fingerprint density at radius 3 is 2.39 bits per heavy atom. The average molecular weight is 380 g/mol. The van der Waals surface area contributed by atoms with Gasteiger partial charge in [-0.1, -0.05) is 23.8 Å². The van der Waals surface area contributed by atoms with E-state index in [1.807, 2.05) is 65.0 Å². The van der Waals surface area contributed by atoms with Gasteiger partial charge in [-0.05, 0) is 63.4 Å². The zero-order valence-electron chi connectivity index (χ0n) is 17.3. The molecule has 0 saturated heterocycles. The quantitative estimate of drug-likeness (QED) is 0.852. The number of nitrogens with one attached hydrogen (secondary N) is 1. The first-order chi connectivity index (χ1) is 13.2. The number of anilines is 2. The number of rotatable bonds is 4. The van der Waals surface area contributed by atoms with E-state index in [0.29, 0.717) is 12.3 Å². The molecule has 0 aliphatic carbocycles. The number of carbonyl (C=O) groups is 2. The molecule has 1 aliphatic rings. The molecule has 0 spiro atoms. The number of benzene rings is 2. The van der Waals surface area contributed by atoms with Crippen LogP contribution in [0.3, 0.4) is 0 Å². The van der Waals surface area contributed by atoms with E-state index in [1.54, 1.807) is 4.90 Å². The molecule has 5 heteroatoms. The van der Waals surface area contributed by atoms with Gasteiger partial charge in [-0.3, -0.25) is 9.59 Å². The number of carbonyl (C=O) groups excluding carboxylic acids is 2. The van der Waals surface area contributed by atoms with Crippen LogP contribution in [0.25, 0.3) is 0 Å². The second kappa shape index (κ2) is 8.05. The second-order valence-corrected chi connectivity index (χ2v) is 7.73. The van der Waals surface area contributed by atoms with Gasteiger partial charge in [-0.15, -0.1) is 0 Å². The largest absolute Gasteiger partial charge is 0.487 e. The zero-order chi connectivity index (χ0) is 20.4. The van der Waals surface area contributed by atoms with Crippen molar-refractivity contribution in [2.24, 2.45) is 0 Å². The van der Waals surface area contributed by atoms with Crippen LogP contribution in [0.2, 0.25) is 0 Å². The van der Waals surface area contributed by atoms with Gasteiger partial charge in [0.15, 0.2) is 0 Å². The summed E-state index contributed by atoms with van der Waals surface area (Å²) in [7, 11) is 0. The first-order valence-corrected chi connectivity index (χ1v) is 9.70. The Kier molecular flexibility index (Phi) is 5.73. The smallest absolute Gasteiger partial charge is 0.227 e. The first kappa shape index (κ1) is 19.9. The van der Waals surface area contributed by atoms with Gasteiger partial charge < -0.3 is 15.0 Å². The Morgan fingerprint density at radius 2 is 1.71 bits per heavy atom. The second-order valence-electron chi connectivity index (χ2n) is 7.73. The SMILES string of the molecule is Cc1cc(C)c(NC(=O)CCC(=O)N2CC(C)Oc3ccc(C)cc32)c(C)c1. The molecular formula is C23H28N2O3. The van der Waals surface area contributed by atoms with Crippen molar-refractivity contribution < 1.29 is 14.3 Å². The minimum Gasteiger partial charge on any atom is -0.487 e. The third-order valence-corrected chi connectivity index (χ3v) is 4.98. The van der Waals surface area contributed by atoms with Crippen molar-refractivity contribution in [2.45, 2.75) is 53.6 Å². The van der Waals surface area contributed by atoms with E-state index in [4.69, 9.17) is 4.74 Å². The van der Waals surface area contributed by atoms with Crippen molar-refractivity contribution in [3.63, 3.8) is 0 Å². The summed E-state index contributed by atoms with van der Waals surface area (Å²) in [4.78, 5) is 27.0. The van der Waals surface area contributed by atoms with Crippen LogP contribution in [-0.4, -0.2) is 24.5 Å². The maximum atomic E-state index is 12.8. The van der Waals surface area contributed by atoms with Crippen molar-refractivity contribution in [1.82, 2.24) is 0 Å². The van der Waals surface area contributed by atoms with Gasteiger partial charge >= 0.3 is 0 Å². The summed E-state index contributed by atoms with van der Waals surface area (Å²) in [5.41, 5.74) is 5.92. The van der Waals surface area contributed by atoms with Gasteiger partial charge in [0.1, 0.15) is 11.9 Å². The maximum absolute atomic E-state index is 12.8. The Balaban J connectivity index is 1.66. The van der Waals surface area contributed by atoms with E-state index in [2.05, 4.69) is 5.32 Å². The maximum Gasteiger partial charge on any atom is 0.227 e. The van der Waals surface area contributed by atoms with Gasteiger partial charge in [0, 0.05) is 18.5 Å². The highest BCUT2D eigenvalue weighted by atomic mass is 16.5. The molecule has 3 rings (SSSR count). The van der Waals surface area contributed by atoms with Crippen molar-refractivity contribution in [3.8, 4) is 5.75 Å². The molecule has 1 N–H and O–H groups in total. The molecule has 0 aromatic heterocycles. The molecule has 1 heterocycles. The first-order valence-electron chi connectivity index (χ1n) is 9.70. The molecule has 1 atom stereocenters. The normalized spacial score (nSPS) is 15.6. The topological polar surface area (TPSA) is 58.6 Å². The van der Waals surface area contributed by atoms with Crippen LogP contribution in [0.5, 0.6) is 5.75 Å². The van der Waals surface area contributed by atoms with Gasteiger partial charge in [0.2, 0.25) is 11.8 Å². The van der Waals surface area contributed by atoms with Gasteiger partial charge in [0.25, 0.3) is 0 Å². The van der Waals surface area contributed by atoms with E-state index in [9.17, 15) is 9.59 Å². The number of fused-ring (bicyclic) bond motifs is 1. The average Bonchev–Trinajstić information content (AvgIpc) is 2.62. The van der Waals surface area contributed by atoms with E-state index in [0.717, 1.165) is 28.1 Å². The Hall–Kier alpha value is -2.82. The molecule has 0 fully saturated rings. The number of hydrogen-bond acceptors (Lipinski definition) is 3. The summed E-state index contributed by atoms with van der Waals surface area (Å²) >= 11 is 0. The molecule has 148 valence electrons. The monoisotopic (exact) mass is 380 g/mol. The lowest BCUT2D eigenvalue weighted by Crippen LogP contribution is -2.42. The zero-order valence-corrected chi connectivity index (χ0v) is 17.3. The molecule has 1 aliphatic heterocycles. The van der Waals surface area contributed by atoms with Crippen LogP contribution < -0.4 is 15.0 Å². The molecule has 0 bridgehead atoms. The Bertz CT molecular complexity index is 897. The summed E-state index contributed by atoms with van der Waals surface area (Å²) in [6.07, 6.45) is 0.236. The van der Waals surface area contributed by atoms with Gasteiger partial charge in [-0.25, -0.2) is 0 Å². The van der Waals surface area contributed by atoms with E-state index in [-0.39, 0.29) is 30.8 Å². The predicted molar refractivity (Wildman–Crippen MR) is 112 cm³/mol. The highest BCUT2D eigenvalue weighted by Gasteiger charge is 2.27. The lowest BCUT2D eigenvalue weighted by Gasteiger charge is -2.33. The van der Waals surface area contributed by atoms with Crippen LogP contribution in [0, 0.1) is 27.7 Å². The molecule has 1 unspecified atom stereocenters. The molecule has 2 aromatic rings. The third-order valence-electron chi connectivity index (χ3n) is 4.98. The summed E-state index contributed by atoms with van der Waals surface area (Å²) in [6.45, 7) is 10.4. The molecule has 2 amide bonds. The molecule has 5 nitrogen and oxygen atoms in total. The van der Waals surface area contributed by atoms with Crippen LogP contribution in [-0.2, 0) is 9.59 Å². The lowest BCUT2D eigenvalue weighted by atomic mass is 10.0. The van der Waals surface area contributed by atoms with Crippen molar-refractivity contribution in [2.75, 3.05) is 16.8 Å². The highest BCUT2D eigenvalue weighted by Crippen LogP contribution is 2.34. The van der Waals surface area contributed by atoms with Gasteiger partial charge in [-0.2, -0.15) is 0 Å². The summed E-state index contributed by atoms with van der Waals surface area (Å²) in [5.74, 6) is 0.511. The Morgan fingerprint density at radius 1 is 1.04 bits per heavy atom. The number of nitrogens with zero attached hydrogens (tertiary/aromatic N) is 1. The lowest BCUT2D eigenvalue weighted by molar-refractivity contribution is -0.122. The highest BCUT2D eigenvalue weighted by molar-refractivity contribution is 5.99. The summed E-state index contributed by atoms with van der Waals surface area (Å²) < 4.78 is 5.83. The minimum absolute atomic E-state index is 0.0606. The number of ether oxygens (including phenoxy) is 1. The number of hydrogen-bond donors (Lipinski definition) is 1. The third kappa shape index (κ3) is 4.35. The van der Waals surface area contributed by atoms with Crippen molar-refractivity contribution in [1.29, 1.82) is 0 Å².